The minimum Gasteiger partial charge on any atom is -0.251 e. The molecular formula is C3H7FO4S. The summed E-state index contributed by atoms with van der Waals surface area (Å²) in [5.41, 5.74) is 0. The molecule has 0 aliphatic rings. The fraction of sp³-hybridized carbons (Fsp3) is 1.00. The lowest BCUT2D eigenvalue weighted by Gasteiger charge is -2.00. The summed E-state index contributed by atoms with van der Waals surface area (Å²) in [5, 5.41) is 0. The van der Waals surface area contributed by atoms with Gasteiger partial charge >= 0.3 is 10.4 Å². The third-order valence-corrected chi connectivity index (χ3v) is 1.36. The summed E-state index contributed by atoms with van der Waals surface area (Å²) < 4.78 is 39.4. The van der Waals surface area contributed by atoms with E-state index in [1.807, 2.05) is 0 Å². The molecular weight excluding hydrogens is 151 g/mol. The van der Waals surface area contributed by atoms with Crippen molar-refractivity contribution in [1.82, 2.24) is 0 Å². The standard InChI is InChI=1S/C3H7FO4S/c1-3(4)8-9(5,6)7-2/h3H,1-2H3. The van der Waals surface area contributed by atoms with E-state index in [1.165, 1.54) is 0 Å². The Balaban J connectivity index is 3.90. The first-order valence-corrected chi connectivity index (χ1v) is 3.44. The van der Waals surface area contributed by atoms with Crippen molar-refractivity contribution in [3.05, 3.63) is 0 Å². The first-order chi connectivity index (χ1) is 3.98. The number of hydrogen-bond donors (Lipinski definition) is 0. The normalized spacial score (nSPS) is 15.4. The molecule has 0 heterocycles. The summed E-state index contributed by atoms with van der Waals surface area (Å²) in [6.07, 6.45) is -1.87. The molecule has 0 saturated heterocycles. The molecule has 0 radical (unpaired) electrons. The first-order valence-electron chi connectivity index (χ1n) is 2.11. The van der Waals surface area contributed by atoms with Crippen molar-refractivity contribution in [2.24, 2.45) is 0 Å². The van der Waals surface area contributed by atoms with Crippen LogP contribution in [0.5, 0.6) is 0 Å². The van der Waals surface area contributed by atoms with E-state index in [2.05, 4.69) is 8.37 Å². The number of halogens is 1. The van der Waals surface area contributed by atoms with E-state index in [9.17, 15) is 12.8 Å². The average Bonchev–Trinajstić information content (AvgIpc) is 1.63. The van der Waals surface area contributed by atoms with Crippen LogP contribution in [0.3, 0.4) is 0 Å². The molecule has 1 atom stereocenters. The fourth-order valence-electron chi connectivity index (χ4n) is 0.202. The smallest absolute Gasteiger partial charge is 0.251 e. The highest BCUT2D eigenvalue weighted by Gasteiger charge is 2.12. The predicted octanol–water partition coefficient (Wildman–Crippen LogP) is 0.210. The van der Waals surface area contributed by atoms with Crippen molar-refractivity contribution in [2.45, 2.75) is 13.3 Å². The quantitative estimate of drug-likeness (QED) is 0.589. The van der Waals surface area contributed by atoms with Crippen LogP contribution in [-0.2, 0) is 18.8 Å². The molecule has 0 bridgehead atoms. The molecule has 0 saturated carbocycles. The molecule has 0 aromatic rings. The summed E-state index contributed by atoms with van der Waals surface area (Å²) in [7, 11) is -3.21. The van der Waals surface area contributed by atoms with Crippen LogP contribution in [0, 0.1) is 0 Å². The highest BCUT2D eigenvalue weighted by molar-refractivity contribution is 7.81. The SMILES string of the molecule is COS(=O)(=O)OC(C)F. The van der Waals surface area contributed by atoms with Crippen LogP contribution >= 0.6 is 0 Å². The van der Waals surface area contributed by atoms with Gasteiger partial charge in [0.1, 0.15) is 0 Å². The summed E-state index contributed by atoms with van der Waals surface area (Å²) in [6.45, 7) is 0.941. The summed E-state index contributed by atoms with van der Waals surface area (Å²) in [4.78, 5) is 0. The Bertz CT molecular complexity index is 161. The van der Waals surface area contributed by atoms with Gasteiger partial charge in [0.15, 0.2) is 0 Å². The Morgan fingerprint density at radius 1 is 1.56 bits per heavy atom. The van der Waals surface area contributed by atoms with Gasteiger partial charge in [0, 0.05) is 0 Å². The predicted molar refractivity (Wildman–Crippen MR) is 27.6 cm³/mol. The molecule has 6 heteroatoms. The molecule has 56 valence electrons. The van der Waals surface area contributed by atoms with Gasteiger partial charge in [-0.15, -0.1) is 0 Å². The monoisotopic (exact) mass is 158 g/mol. The van der Waals surface area contributed by atoms with Gasteiger partial charge in [0.05, 0.1) is 7.11 Å². The van der Waals surface area contributed by atoms with E-state index in [0.29, 0.717) is 0 Å². The van der Waals surface area contributed by atoms with Crippen LogP contribution in [0.2, 0.25) is 0 Å². The third-order valence-electron chi connectivity index (χ3n) is 0.455. The number of alkyl halides is 1. The highest BCUT2D eigenvalue weighted by Crippen LogP contribution is 1.99. The fourth-order valence-corrected chi connectivity index (χ4v) is 0.605. The van der Waals surface area contributed by atoms with Gasteiger partial charge in [-0.2, -0.15) is 8.42 Å². The van der Waals surface area contributed by atoms with Crippen LogP contribution < -0.4 is 0 Å². The lowest BCUT2D eigenvalue weighted by molar-refractivity contribution is 0.0743. The molecule has 0 aromatic heterocycles. The van der Waals surface area contributed by atoms with Crippen LogP contribution in [-0.4, -0.2) is 21.9 Å². The van der Waals surface area contributed by atoms with Gasteiger partial charge in [-0.3, -0.25) is 4.18 Å². The van der Waals surface area contributed by atoms with Crippen LogP contribution in [0.4, 0.5) is 4.39 Å². The van der Waals surface area contributed by atoms with E-state index in [1.54, 1.807) is 0 Å². The summed E-state index contributed by atoms with van der Waals surface area (Å²) in [5.74, 6) is 0. The van der Waals surface area contributed by atoms with Gasteiger partial charge < -0.3 is 0 Å². The molecule has 0 spiro atoms. The second-order valence-electron chi connectivity index (χ2n) is 1.21. The number of rotatable bonds is 3. The third kappa shape index (κ3) is 4.31. The van der Waals surface area contributed by atoms with Crippen LogP contribution in [0.25, 0.3) is 0 Å². The lowest BCUT2D eigenvalue weighted by Crippen LogP contribution is -2.11. The Hall–Kier alpha value is -0.200. The lowest BCUT2D eigenvalue weighted by atomic mass is 10.8. The Labute approximate surface area is 52.9 Å². The van der Waals surface area contributed by atoms with E-state index < -0.39 is 16.8 Å². The maximum Gasteiger partial charge on any atom is 0.402 e. The average molecular weight is 158 g/mol. The van der Waals surface area contributed by atoms with Gasteiger partial charge in [-0.05, 0) is 6.92 Å². The summed E-state index contributed by atoms with van der Waals surface area (Å²) in [6, 6.07) is 0. The largest absolute Gasteiger partial charge is 0.402 e. The molecule has 9 heavy (non-hydrogen) atoms. The Morgan fingerprint density at radius 2 is 2.00 bits per heavy atom. The molecule has 4 nitrogen and oxygen atoms in total. The van der Waals surface area contributed by atoms with Crippen molar-refractivity contribution < 1.29 is 21.2 Å². The zero-order valence-electron chi connectivity index (χ0n) is 5.00. The maximum absolute atomic E-state index is 11.7. The van der Waals surface area contributed by atoms with E-state index >= 15 is 0 Å². The Kier molecular flexibility index (Phi) is 3.02. The topological polar surface area (TPSA) is 52.6 Å². The van der Waals surface area contributed by atoms with Crippen molar-refractivity contribution >= 4 is 10.4 Å². The number of hydrogen-bond acceptors (Lipinski definition) is 4. The zero-order valence-corrected chi connectivity index (χ0v) is 5.81. The molecule has 0 N–H and O–H groups in total. The van der Waals surface area contributed by atoms with Gasteiger partial charge in [0.2, 0.25) is 6.36 Å². The maximum atomic E-state index is 11.7. The van der Waals surface area contributed by atoms with Crippen molar-refractivity contribution in [3.63, 3.8) is 0 Å². The Morgan fingerprint density at radius 3 is 2.11 bits per heavy atom. The van der Waals surface area contributed by atoms with Crippen LogP contribution in [0.1, 0.15) is 6.92 Å². The van der Waals surface area contributed by atoms with Crippen molar-refractivity contribution in [2.75, 3.05) is 7.11 Å². The molecule has 1 unspecified atom stereocenters. The zero-order chi connectivity index (χ0) is 7.49. The minimum absolute atomic E-state index is 0.887. The van der Waals surface area contributed by atoms with Crippen molar-refractivity contribution in [3.8, 4) is 0 Å². The molecule has 0 aliphatic heterocycles. The van der Waals surface area contributed by atoms with E-state index in [-0.39, 0.29) is 0 Å². The van der Waals surface area contributed by atoms with Gasteiger partial charge in [-0.25, -0.2) is 8.57 Å². The molecule has 0 aliphatic carbocycles. The molecule has 0 amide bonds. The molecule has 0 rings (SSSR count). The van der Waals surface area contributed by atoms with Gasteiger partial charge in [0.25, 0.3) is 0 Å². The van der Waals surface area contributed by atoms with Crippen molar-refractivity contribution in [1.29, 1.82) is 0 Å². The van der Waals surface area contributed by atoms with Crippen LogP contribution in [0.15, 0.2) is 0 Å². The summed E-state index contributed by atoms with van der Waals surface area (Å²) >= 11 is 0. The molecule has 0 aromatic carbocycles. The molecule has 0 fully saturated rings. The van der Waals surface area contributed by atoms with Gasteiger partial charge in [-0.1, -0.05) is 0 Å². The van der Waals surface area contributed by atoms with E-state index in [0.717, 1.165) is 14.0 Å². The second kappa shape index (κ2) is 3.09. The first kappa shape index (κ1) is 8.80. The second-order valence-corrected chi connectivity index (χ2v) is 2.56. The van der Waals surface area contributed by atoms with E-state index in [4.69, 9.17) is 0 Å². The minimum atomic E-state index is -4.09. The highest BCUT2D eigenvalue weighted by atomic mass is 32.3.